The summed E-state index contributed by atoms with van der Waals surface area (Å²) in [5.74, 6) is 0.143. The first-order valence-electron chi connectivity index (χ1n) is 6.66. The van der Waals surface area contributed by atoms with Crippen molar-refractivity contribution in [3.8, 4) is 0 Å². The number of aromatic nitrogens is 2. The van der Waals surface area contributed by atoms with Crippen molar-refractivity contribution in [3.63, 3.8) is 0 Å². The van der Waals surface area contributed by atoms with Crippen molar-refractivity contribution in [2.45, 2.75) is 31.7 Å². The number of rotatable bonds is 5. The van der Waals surface area contributed by atoms with E-state index in [-0.39, 0.29) is 11.4 Å². The van der Waals surface area contributed by atoms with Crippen LogP contribution in [0.25, 0.3) is 0 Å². The van der Waals surface area contributed by atoms with Gasteiger partial charge in [0.15, 0.2) is 5.78 Å². The van der Waals surface area contributed by atoms with E-state index in [1.54, 1.807) is 30.5 Å². The Hall–Kier alpha value is -1.39. The minimum absolute atomic E-state index is 0.143. The Labute approximate surface area is 125 Å². The van der Waals surface area contributed by atoms with Crippen LogP contribution in [-0.2, 0) is 0 Å². The molecule has 2 aromatic rings. The third-order valence-corrected chi connectivity index (χ3v) is 6.11. The first kappa shape index (κ1) is 15.0. The molecule has 0 aliphatic rings. The molecule has 106 valence electrons. The van der Waals surface area contributed by atoms with Gasteiger partial charge in [-0.15, -0.1) is 0 Å². The van der Waals surface area contributed by atoms with Gasteiger partial charge >= 0.3 is 0 Å². The Kier molecular flexibility index (Phi) is 4.45. The predicted octanol–water partition coefficient (Wildman–Crippen LogP) is 4.23. The van der Waals surface area contributed by atoms with Gasteiger partial charge in [-0.05, 0) is 30.3 Å². The minimum atomic E-state index is -1.54. The summed E-state index contributed by atoms with van der Waals surface area (Å²) in [7, 11) is -1.54. The number of benzene rings is 1. The van der Waals surface area contributed by atoms with Gasteiger partial charge in [0.25, 0.3) is 0 Å². The number of halogens is 1. The molecule has 0 aliphatic heterocycles. The van der Waals surface area contributed by atoms with Crippen LogP contribution in [0.3, 0.4) is 0 Å². The van der Waals surface area contributed by atoms with Gasteiger partial charge < -0.3 is 0 Å². The van der Waals surface area contributed by atoms with Crippen LogP contribution in [0, 0.1) is 0 Å². The lowest BCUT2D eigenvalue weighted by molar-refractivity contribution is 0.0971. The smallest absolute Gasteiger partial charge is 0.164 e. The molecule has 0 bridgehead atoms. The van der Waals surface area contributed by atoms with E-state index < -0.39 is 8.07 Å². The zero-order valence-electron chi connectivity index (χ0n) is 12.0. The molecule has 0 radical (unpaired) electrons. The van der Waals surface area contributed by atoms with Crippen molar-refractivity contribution in [2.24, 2.45) is 0 Å². The highest BCUT2D eigenvalue weighted by Gasteiger charge is 2.31. The average Bonchev–Trinajstić information content (AvgIpc) is 2.88. The normalized spacial score (nSPS) is 13.2. The molecule has 0 spiro atoms. The van der Waals surface area contributed by atoms with Crippen LogP contribution in [0.5, 0.6) is 0 Å². The van der Waals surface area contributed by atoms with Gasteiger partial charge in [-0.25, -0.2) is 0 Å². The van der Waals surface area contributed by atoms with E-state index in [9.17, 15) is 4.79 Å². The number of nitrogens with zero attached hydrogens (tertiary/aromatic N) is 2. The molecule has 5 heteroatoms. The van der Waals surface area contributed by atoms with E-state index in [1.165, 1.54) is 0 Å². The van der Waals surface area contributed by atoms with Crippen molar-refractivity contribution in [1.82, 2.24) is 9.78 Å². The Morgan fingerprint density at radius 2 is 1.95 bits per heavy atom. The molecular weight excluding hydrogens is 288 g/mol. The van der Waals surface area contributed by atoms with Crippen molar-refractivity contribution < 1.29 is 4.79 Å². The molecule has 0 N–H and O–H groups in total. The number of carbonyl (C=O) groups excluding carboxylic acids is 1. The van der Waals surface area contributed by atoms with Gasteiger partial charge in [-0.3, -0.25) is 9.48 Å². The number of Topliss-reactive ketones (excluding diaryl/α,β-unsaturated/α-hetero) is 1. The van der Waals surface area contributed by atoms with Crippen molar-refractivity contribution in [2.75, 3.05) is 0 Å². The summed E-state index contributed by atoms with van der Waals surface area (Å²) in [6.07, 6.45) is 4.19. The zero-order valence-corrected chi connectivity index (χ0v) is 13.8. The molecule has 2 rings (SSSR count). The van der Waals surface area contributed by atoms with E-state index in [1.807, 2.05) is 16.9 Å². The maximum absolute atomic E-state index is 12.4. The van der Waals surface area contributed by atoms with E-state index in [4.69, 9.17) is 11.6 Å². The van der Waals surface area contributed by atoms with Gasteiger partial charge in [-0.1, -0.05) is 31.2 Å². The number of hydrogen-bond donors (Lipinski definition) is 0. The van der Waals surface area contributed by atoms with Crippen LogP contribution < -0.4 is 0 Å². The Morgan fingerprint density at radius 3 is 2.45 bits per heavy atom. The van der Waals surface area contributed by atoms with E-state index in [0.29, 0.717) is 17.0 Å². The second-order valence-electron chi connectivity index (χ2n) is 6.00. The number of hydrogen-bond acceptors (Lipinski definition) is 2. The molecule has 0 aliphatic carbocycles. The Balaban J connectivity index is 2.20. The standard InChI is InChI=1S/C15H19ClN2OSi/c1-20(2,3)15(18-10-4-9-17-18)11-14(19)12-5-7-13(16)8-6-12/h4-10,15H,11H2,1-3H3. The topological polar surface area (TPSA) is 34.9 Å². The summed E-state index contributed by atoms with van der Waals surface area (Å²) in [4.78, 5) is 12.4. The fraction of sp³-hybridized carbons (Fsp3) is 0.333. The van der Waals surface area contributed by atoms with E-state index >= 15 is 0 Å². The Bertz CT molecular complexity index is 573. The molecule has 0 saturated heterocycles. The fourth-order valence-electron chi connectivity index (χ4n) is 2.19. The first-order valence-corrected chi connectivity index (χ1v) is 10.6. The fourth-order valence-corrected chi connectivity index (χ4v) is 4.06. The van der Waals surface area contributed by atoms with Gasteiger partial charge in [0.05, 0.1) is 13.7 Å². The summed E-state index contributed by atoms with van der Waals surface area (Å²) >= 11 is 5.86. The summed E-state index contributed by atoms with van der Waals surface area (Å²) in [6.45, 7) is 6.78. The molecule has 20 heavy (non-hydrogen) atoms. The zero-order chi connectivity index (χ0) is 14.8. The van der Waals surface area contributed by atoms with Gasteiger partial charge in [-0.2, -0.15) is 5.10 Å². The summed E-state index contributed by atoms with van der Waals surface area (Å²) in [6, 6.07) is 8.99. The van der Waals surface area contributed by atoms with Gasteiger partial charge in [0.1, 0.15) is 0 Å². The number of ketones is 1. The molecular formula is C15H19ClN2OSi. The molecule has 0 amide bonds. The lowest BCUT2D eigenvalue weighted by atomic mass is 10.1. The summed E-state index contributed by atoms with van der Waals surface area (Å²) < 4.78 is 1.93. The largest absolute Gasteiger partial charge is 0.294 e. The predicted molar refractivity (Wildman–Crippen MR) is 85.0 cm³/mol. The highest BCUT2D eigenvalue weighted by Crippen LogP contribution is 2.26. The molecule has 1 unspecified atom stereocenters. The van der Waals surface area contributed by atoms with Gasteiger partial charge in [0, 0.05) is 29.4 Å². The monoisotopic (exact) mass is 306 g/mol. The third kappa shape index (κ3) is 3.58. The number of carbonyl (C=O) groups is 1. The molecule has 1 atom stereocenters. The molecule has 0 fully saturated rings. The van der Waals surface area contributed by atoms with Crippen LogP contribution >= 0.6 is 11.6 Å². The highest BCUT2D eigenvalue weighted by molar-refractivity contribution is 6.77. The molecule has 0 saturated carbocycles. The van der Waals surface area contributed by atoms with Crippen molar-refractivity contribution >= 4 is 25.5 Å². The second kappa shape index (κ2) is 5.93. The van der Waals surface area contributed by atoms with E-state index in [0.717, 1.165) is 0 Å². The second-order valence-corrected chi connectivity index (χ2v) is 11.8. The lowest BCUT2D eigenvalue weighted by Crippen LogP contribution is -2.37. The van der Waals surface area contributed by atoms with Crippen LogP contribution in [0.2, 0.25) is 24.7 Å². The molecule has 1 aromatic heterocycles. The quantitative estimate of drug-likeness (QED) is 0.612. The Morgan fingerprint density at radius 1 is 1.30 bits per heavy atom. The average molecular weight is 307 g/mol. The van der Waals surface area contributed by atoms with Crippen molar-refractivity contribution in [3.05, 3.63) is 53.3 Å². The van der Waals surface area contributed by atoms with Crippen LogP contribution in [0.15, 0.2) is 42.7 Å². The maximum atomic E-state index is 12.4. The van der Waals surface area contributed by atoms with Crippen LogP contribution in [-0.4, -0.2) is 23.6 Å². The highest BCUT2D eigenvalue weighted by atomic mass is 35.5. The lowest BCUT2D eigenvalue weighted by Gasteiger charge is -2.28. The first-order chi connectivity index (χ1) is 9.38. The summed E-state index contributed by atoms with van der Waals surface area (Å²) in [5, 5.41) is 4.97. The van der Waals surface area contributed by atoms with Crippen LogP contribution in [0.1, 0.15) is 22.4 Å². The molecule has 1 aromatic carbocycles. The van der Waals surface area contributed by atoms with E-state index in [2.05, 4.69) is 24.7 Å². The maximum Gasteiger partial charge on any atom is 0.164 e. The van der Waals surface area contributed by atoms with Crippen LogP contribution in [0.4, 0.5) is 0 Å². The summed E-state index contributed by atoms with van der Waals surface area (Å²) in [5.41, 5.74) is 0.880. The van der Waals surface area contributed by atoms with Crippen molar-refractivity contribution in [1.29, 1.82) is 0 Å². The SMILES string of the molecule is C[Si](C)(C)C(CC(=O)c1ccc(Cl)cc1)n1cccn1. The van der Waals surface area contributed by atoms with Gasteiger partial charge in [0.2, 0.25) is 0 Å². The molecule has 3 nitrogen and oxygen atoms in total. The third-order valence-electron chi connectivity index (χ3n) is 3.39. The minimum Gasteiger partial charge on any atom is -0.294 e. The molecule has 1 heterocycles.